The number of amides is 2. The third-order valence-corrected chi connectivity index (χ3v) is 7.27. The number of hydrogen-bond donors (Lipinski definition) is 1. The van der Waals surface area contributed by atoms with E-state index in [9.17, 15) is 28.1 Å². The van der Waals surface area contributed by atoms with Crippen molar-refractivity contribution in [3.63, 3.8) is 0 Å². The summed E-state index contributed by atoms with van der Waals surface area (Å²) < 4.78 is 31.9. The molecule has 0 aliphatic heterocycles. The van der Waals surface area contributed by atoms with Crippen LogP contribution < -0.4 is 14.4 Å². The van der Waals surface area contributed by atoms with Crippen molar-refractivity contribution in [2.45, 2.75) is 25.9 Å². The Hall–Kier alpha value is -4.45. The summed E-state index contributed by atoms with van der Waals surface area (Å²) in [4.78, 5) is 39.4. The van der Waals surface area contributed by atoms with Crippen LogP contribution in [0.15, 0.2) is 78.9 Å². The van der Waals surface area contributed by atoms with E-state index in [1.54, 1.807) is 31.2 Å². The zero-order chi connectivity index (χ0) is 29.3. The lowest BCUT2D eigenvalue weighted by Gasteiger charge is -2.33. The van der Waals surface area contributed by atoms with Gasteiger partial charge in [0, 0.05) is 31.6 Å². The molecule has 0 saturated carbocycles. The minimum Gasteiger partial charge on any atom is -0.495 e. The average molecular weight is 569 g/mol. The van der Waals surface area contributed by atoms with Crippen LogP contribution in [0.5, 0.6) is 5.75 Å². The summed E-state index contributed by atoms with van der Waals surface area (Å²) >= 11 is 0. The van der Waals surface area contributed by atoms with Gasteiger partial charge in [0.2, 0.25) is 21.8 Å². The number of rotatable bonds is 13. The number of sulfonamides is 1. The number of likely N-dealkylation sites (N-methyl/N-ethyl adjacent to an activating group) is 1. The molecule has 212 valence electrons. The highest BCUT2D eigenvalue weighted by Crippen LogP contribution is 2.34. The minimum atomic E-state index is -4.13. The van der Waals surface area contributed by atoms with E-state index in [1.807, 2.05) is 36.4 Å². The number of anilines is 1. The van der Waals surface area contributed by atoms with Crippen LogP contribution >= 0.6 is 0 Å². The SMILES string of the molecule is CCNC(=O)[C@@H](Cc1ccccc1)N(Cc1ccccc1)C(=O)CN(c1cc([N+](=O)[O-])ccc1OC)S(C)(=O)=O. The molecule has 0 saturated heterocycles. The van der Waals surface area contributed by atoms with Crippen LogP contribution in [0.25, 0.3) is 0 Å². The lowest BCUT2D eigenvalue weighted by Crippen LogP contribution is -2.53. The number of nitrogens with one attached hydrogen (secondary N) is 1. The Labute approximate surface area is 233 Å². The van der Waals surface area contributed by atoms with Gasteiger partial charge in [0.1, 0.15) is 24.0 Å². The Morgan fingerprint density at radius 1 is 1.00 bits per heavy atom. The van der Waals surface area contributed by atoms with Crippen LogP contribution in [0.1, 0.15) is 18.1 Å². The van der Waals surface area contributed by atoms with Gasteiger partial charge in [-0.1, -0.05) is 60.7 Å². The number of nitrogens with zero attached hydrogens (tertiary/aromatic N) is 3. The zero-order valence-electron chi connectivity index (χ0n) is 22.5. The molecule has 0 bridgehead atoms. The third kappa shape index (κ3) is 7.79. The molecule has 3 rings (SSSR count). The lowest BCUT2D eigenvalue weighted by molar-refractivity contribution is -0.384. The van der Waals surface area contributed by atoms with Crippen LogP contribution in [-0.4, -0.2) is 62.6 Å². The Kier molecular flexibility index (Phi) is 10.2. The fourth-order valence-electron chi connectivity index (χ4n) is 4.21. The molecule has 3 aromatic rings. The number of carbonyl (C=O) groups excluding carboxylic acids is 2. The van der Waals surface area contributed by atoms with Crippen LogP contribution in [0.4, 0.5) is 11.4 Å². The number of methoxy groups -OCH3 is 1. The molecular formula is C28H32N4O7S. The van der Waals surface area contributed by atoms with Crippen molar-refractivity contribution in [3.8, 4) is 5.75 Å². The normalized spacial score (nSPS) is 11.8. The highest BCUT2D eigenvalue weighted by molar-refractivity contribution is 7.92. The third-order valence-electron chi connectivity index (χ3n) is 6.14. The first-order chi connectivity index (χ1) is 19.0. The monoisotopic (exact) mass is 568 g/mol. The van der Waals surface area contributed by atoms with Gasteiger partial charge in [-0.05, 0) is 24.1 Å². The van der Waals surface area contributed by atoms with E-state index in [1.165, 1.54) is 24.1 Å². The molecule has 1 N–H and O–H groups in total. The maximum atomic E-state index is 14.0. The number of hydrogen-bond acceptors (Lipinski definition) is 7. The molecule has 1 atom stereocenters. The van der Waals surface area contributed by atoms with E-state index < -0.39 is 39.3 Å². The second-order valence-electron chi connectivity index (χ2n) is 8.99. The number of carbonyl (C=O) groups is 2. The second-order valence-corrected chi connectivity index (χ2v) is 10.9. The van der Waals surface area contributed by atoms with E-state index in [0.29, 0.717) is 6.54 Å². The zero-order valence-corrected chi connectivity index (χ0v) is 23.3. The van der Waals surface area contributed by atoms with Gasteiger partial charge in [-0.15, -0.1) is 0 Å². The summed E-state index contributed by atoms with van der Waals surface area (Å²) in [6.07, 6.45) is 1.08. The lowest BCUT2D eigenvalue weighted by atomic mass is 10.0. The molecule has 12 heteroatoms. The number of ether oxygens (including phenoxy) is 1. The van der Waals surface area contributed by atoms with Gasteiger partial charge in [0.05, 0.1) is 18.3 Å². The molecule has 0 aliphatic carbocycles. The fraction of sp³-hybridized carbons (Fsp3) is 0.286. The van der Waals surface area contributed by atoms with Gasteiger partial charge in [-0.25, -0.2) is 8.42 Å². The molecule has 0 spiro atoms. The molecule has 0 unspecified atom stereocenters. The second kappa shape index (κ2) is 13.6. The summed E-state index contributed by atoms with van der Waals surface area (Å²) in [7, 11) is -2.84. The molecule has 0 fully saturated rings. The molecule has 3 aromatic carbocycles. The molecule has 0 aromatic heterocycles. The van der Waals surface area contributed by atoms with Gasteiger partial charge < -0.3 is 15.0 Å². The summed E-state index contributed by atoms with van der Waals surface area (Å²) in [5.74, 6) is -1.03. The smallest absolute Gasteiger partial charge is 0.271 e. The molecule has 0 radical (unpaired) electrons. The van der Waals surface area contributed by atoms with Crippen molar-refractivity contribution in [2.24, 2.45) is 0 Å². The average Bonchev–Trinajstić information content (AvgIpc) is 2.93. The predicted octanol–water partition coefficient (Wildman–Crippen LogP) is 3.15. The number of nitro benzene ring substituents is 1. The van der Waals surface area contributed by atoms with E-state index >= 15 is 0 Å². The first-order valence-electron chi connectivity index (χ1n) is 12.5. The quantitative estimate of drug-likeness (QED) is 0.247. The highest BCUT2D eigenvalue weighted by Gasteiger charge is 2.34. The minimum absolute atomic E-state index is 0.0258. The maximum absolute atomic E-state index is 14.0. The maximum Gasteiger partial charge on any atom is 0.271 e. The summed E-state index contributed by atoms with van der Waals surface area (Å²) in [6.45, 7) is 1.41. The van der Waals surface area contributed by atoms with Gasteiger partial charge in [-0.3, -0.25) is 24.0 Å². The predicted molar refractivity (Wildman–Crippen MR) is 151 cm³/mol. The number of nitro groups is 1. The van der Waals surface area contributed by atoms with Crippen LogP contribution in [0, 0.1) is 10.1 Å². The van der Waals surface area contributed by atoms with Crippen molar-refractivity contribution < 1.29 is 27.7 Å². The van der Waals surface area contributed by atoms with Gasteiger partial charge in [0.15, 0.2) is 0 Å². The largest absolute Gasteiger partial charge is 0.495 e. The molecule has 2 amide bonds. The van der Waals surface area contributed by atoms with Gasteiger partial charge in [-0.2, -0.15) is 0 Å². The topological polar surface area (TPSA) is 139 Å². The molecule has 11 nitrogen and oxygen atoms in total. The standard InChI is InChI=1S/C28H32N4O7S/c1-4-29-28(34)25(17-21-11-7-5-8-12-21)30(19-22-13-9-6-10-14-22)27(33)20-31(40(3,37)38)24-18-23(32(35)36)15-16-26(24)39-2/h5-16,18,25H,4,17,19-20H2,1-3H3,(H,29,34)/t25-/m1/s1. The van der Waals surface area contributed by atoms with Crippen molar-refractivity contribution in [2.75, 3.05) is 30.8 Å². The summed E-state index contributed by atoms with van der Waals surface area (Å²) in [6, 6.07) is 20.7. The molecular weight excluding hydrogens is 536 g/mol. The Bertz CT molecular complexity index is 1430. The van der Waals surface area contributed by atoms with Crippen LogP contribution in [0.3, 0.4) is 0 Å². The highest BCUT2D eigenvalue weighted by atomic mass is 32.2. The van der Waals surface area contributed by atoms with E-state index in [4.69, 9.17) is 4.74 Å². The van der Waals surface area contributed by atoms with Gasteiger partial charge in [0.25, 0.3) is 5.69 Å². The first-order valence-corrected chi connectivity index (χ1v) is 14.3. The Morgan fingerprint density at radius 2 is 1.60 bits per heavy atom. The number of benzene rings is 3. The molecule has 0 aliphatic rings. The summed E-state index contributed by atoms with van der Waals surface area (Å²) in [5.41, 5.74) is 1.01. The van der Waals surface area contributed by atoms with E-state index in [-0.39, 0.29) is 30.1 Å². The fourth-order valence-corrected chi connectivity index (χ4v) is 5.05. The van der Waals surface area contributed by atoms with Gasteiger partial charge >= 0.3 is 0 Å². The van der Waals surface area contributed by atoms with Crippen LogP contribution in [-0.2, 0) is 32.6 Å². The van der Waals surface area contributed by atoms with E-state index in [2.05, 4.69) is 5.32 Å². The molecule has 40 heavy (non-hydrogen) atoms. The van der Waals surface area contributed by atoms with Crippen molar-refractivity contribution in [3.05, 3.63) is 100 Å². The van der Waals surface area contributed by atoms with E-state index in [0.717, 1.165) is 27.8 Å². The first kappa shape index (κ1) is 30.1. The Morgan fingerprint density at radius 3 is 2.12 bits per heavy atom. The van der Waals surface area contributed by atoms with Crippen molar-refractivity contribution >= 4 is 33.2 Å². The van der Waals surface area contributed by atoms with Crippen molar-refractivity contribution in [1.82, 2.24) is 10.2 Å². The van der Waals surface area contributed by atoms with Crippen LogP contribution in [0.2, 0.25) is 0 Å². The Balaban J connectivity index is 2.09. The molecule has 0 heterocycles. The van der Waals surface area contributed by atoms with Crippen molar-refractivity contribution in [1.29, 1.82) is 0 Å². The number of non-ortho nitro benzene ring substituents is 1. The summed E-state index contributed by atoms with van der Waals surface area (Å²) in [5, 5.41) is 14.2.